The summed E-state index contributed by atoms with van der Waals surface area (Å²) in [4.78, 5) is 37.4. The number of imide groups is 1. The summed E-state index contributed by atoms with van der Waals surface area (Å²) in [7, 11) is 0. The highest BCUT2D eigenvalue weighted by Gasteiger charge is 2.30. The standard InChI is InChI=1S/C21H22N2O3/c1-3-14(2)15-7-9-17(10-8-15)22-21(26)16-5-4-6-18(13-16)23-19(24)11-12-20(23)25/h4-10,13-14H,3,11-12H2,1-2H3,(H,22,26). The van der Waals surface area contributed by atoms with Crippen molar-refractivity contribution in [3.05, 3.63) is 59.7 Å². The molecule has 1 aliphatic heterocycles. The third kappa shape index (κ3) is 3.67. The van der Waals surface area contributed by atoms with E-state index in [0.717, 1.165) is 11.3 Å². The number of benzene rings is 2. The van der Waals surface area contributed by atoms with Gasteiger partial charge in [0.05, 0.1) is 5.69 Å². The Balaban J connectivity index is 1.75. The maximum absolute atomic E-state index is 12.5. The van der Waals surface area contributed by atoms with Crippen LogP contribution in [0, 0.1) is 0 Å². The van der Waals surface area contributed by atoms with Gasteiger partial charge in [0.25, 0.3) is 5.91 Å². The molecule has 2 aromatic carbocycles. The summed E-state index contributed by atoms with van der Waals surface area (Å²) < 4.78 is 0. The van der Waals surface area contributed by atoms with E-state index in [1.807, 2.05) is 24.3 Å². The van der Waals surface area contributed by atoms with Gasteiger partial charge in [0.15, 0.2) is 0 Å². The average molecular weight is 350 g/mol. The average Bonchev–Trinajstić information content (AvgIpc) is 3.00. The van der Waals surface area contributed by atoms with E-state index in [1.54, 1.807) is 24.3 Å². The van der Waals surface area contributed by atoms with Gasteiger partial charge in [-0.3, -0.25) is 19.3 Å². The molecule has 1 saturated heterocycles. The van der Waals surface area contributed by atoms with E-state index in [-0.39, 0.29) is 30.6 Å². The molecular weight excluding hydrogens is 328 g/mol. The van der Waals surface area contributed by atoms with Gasteiger partial charge in [-0.15, -0.1) is 0 Å². The van der Waals surface area contributed by atoms with Gasteiger partial charge in [-0.25, -0.2) is 0 Å². The van der Waals surface area contributed by atoms with Crippen molar-refractivity contribution in [1.29, 1.82) is 0 Å². The van der Waals surface area contributed by atoms with Crippen molar-refractivity contribution in [2.75, 3.05) is 10.2 Å². The maximum atomic E-state index is 12.5. The van der Waals surface area contributed by atoms with Crippen LogP contribution in [0.3, 0.4) is 0 Å². The summed E-state index contributed by atoms with van der Waals surface area (Å²) in [5.41, 5.74) is 2.79. The Kier molecular flexibility index (Phi) is 5.16. The Labute approximate surface area is 153 Å². The number of rotatable bonds is 5. The van der Waals surface area contributed by atoms with E-state index in [2.05, 4.69) is 19.2 Å². The van der Waals surface area contributed by atoms with Crippen LogP contribution in [-0.2, 0) is 9.59 Å². The number of nitrogens with zero attached hydrogens (tertiary/aromatic N) is 1. The lowest BCUT2D eigenvalue weighted by atomic mass is 9.98. The molecule has 1 atom stereocenters. The molecule has 1 heterocycles. The molecule has 5 heteroatoms. The summed E-state index contributed by atoms with van der Waals surface area (Å²) >= 11 is 0. The van der Waals surface area contributed by atoms with Gasteiger partial charge in [-0.1, -0.05) is 32.0 Å². The molecule has 26 heavy (non-hydrogen) atoms. The number of hydrogen-bond acceptors (Lipinski definition) is 3. The largest absolute Gasteiger partial charge is 0.322 e. The third-order valence-electron chi connectivity index (χ3n) is 4.77. The molecule has 5 nitrogen and oxygen atoms in total. The van der Waals surface area contributed by atoms with Crippen LogP contribution in [0.25, 0.3) is 0 Å². The molecule has 134 valence electrons. The molecule has 1 fully saturated rings. The van der Waals surface area contributed by atoms with Crippen molar-refractivity contribution in [2.24, 2.45) is 0 Å². The first-order chi connectivity index (χ1) is 12.5. The first-order valence-corrected chi connectivity index (χ1v) is 8.86. The topological polar surface area (TPSA) is 66.5 Å². The van der Waals surface area contributed by atoms with Crippen LogP contribution in [0.4, 0.5) is 11.4 Å². The van der Waals surface area contributed by atoms with Gasteiger partial charge >= 0.3 is 0 Å². The Morgan fingerprint density at radius 1 is 1.08 bits per heavy atom. The van der Waals surface area contributed by atoms with Gasteiger partial charge in [-0.2, -0.15) is 0 Å². The summed E-state index contributed by atoms with van der Waals surface area (Å²) in [6.45, 7) is 4.31. The molecule has 0 aliphatic carbocycles. The molecule has 0 saturated carbocycles. The Morgan fingerprint density at radius 2 is 1.73 bits per heavy atom. The summed E-state index contributed by atoms with van der Waals surface area (Å²) in [6, 6.07) is 14.4. The molecule has 0 aromatic heterocycles. The van der Waals surface area contributed by atoms with E-state index >= 15 is 0 Å². The summed E-state index contributed by atoms with van der Waals surface area (Å²) in [6.07, 6.45) is 1.50. The van der Waals surface area contributed by atoms with Crippen LogP contribution >= 0.6 is 0 Å². The van der Waals surface area contributed by atoms with Crippen molar-refractivity contribution in [3.8, 4) is 0 Å². The van der Waals surface area contributed by atoms with Crippen LogP contribution in [0.15, 0.2) is 48.5 Å². The fourth-order valence-electron chi connectivity index (χ4n) is 2.98. The van der Waals surface area contributed by atoms with E-state index in [1.165, 1.54) is 5.56 Å². The lowest BCUT2D eigenvalue weighted by molar-refractivity contribution is -0.121. The molecule has 0 bridgehead atoms. The van der Waals surface area contributed by atoms with Gasteiger partial charge in [0, 0.05) is 24.1 Å². The minimum absolute atomic E-state index is 0.220. The normalized spacial score (nSPS) is 15.2. The lowest BCUT2D eigenvalue weighted by Crippen LogP contribution is -2.28. The van der Waals surface area contributed by atoms with E-state index < -0.39 is 0 Å². The van der Waals surface area contributed by atoms with Crippen molar-refractivity contribution < 1.29 is 14.4 Å². The number of carbonyl (C=O) groups excluding carboxylic acids is 3. The summed E-state index contributed by atoms with van der Waals surface area (Å²) in [5, 5.41) is 2.86. The zero-order chi connectivity index (χ0) is 18.7. The molecule has 1 unspecified atom stereocenters. The molecule has 3 amide bonds. The predicted molar refractivity (Wildman–Crippen MR) is 101 cm³/mol. The monoisotopic (exact) mass is 350 g/mol. The van der Waals surface area contributed by atoms with Crippen LogP contribution in [0.2, 0.25) is 0 Å². The second kappa shape index (κ2) is 7.52. The molecule has 0 spiro atoms. The fraction of sp³-hybridized carbons (Fsp3) is 0.286. The minimum atomic E-state index is -0.276. The number of nitrogens with one attached hydrogen (secondary N) is 1. The highest BCUT2D eigenvalue weighted by molar-refractivity contribution is 6.20. The Hall–Kier alpha value is -2.95. The first-order valence-electron chi connectivity index (χ1n) is 8.86. The van der Waals surface area contributed by atoms with Crippen molar-refractivity contribution >= 4 is 29.1 Å². The van der Waals surface area contributed by atoms with Crippen LogP contribution < -0.4 is 10.2 Å². The SMILES string of the molecule is CCC(C)c1ccc(NC(=O)c2cccc(N3C(=O)CCC3=O)c2)cc1. The quantitative estimate of drug-likeness (QED) is 0.826. The number of hydrogen-bond donors (Lipinski definition) is 1. The highest BCUT2D eigenvalue weighted by Crippen LogP contribution is 2.24. The zero-order valence-corrected chi connectivity index (χ0v) is 15.0. The van der Waals surface area contributed by atoms with Crippen molar-refractivity contribution in [1.82, 2.24) is 0 Å². The highest BCUT2D eigenvalue weighted by atomic mass is 16.2. The molecule has 3 rings (SSSR count). The fourth-order valence-corrected chi connectivity index (χ4v) is 2.98. The van der Waals surface area contributed by atoms with Crippen molar-refractivity contribution in [2.45, 2.75) is 39.0 Å². The predicted octanol–water partition coefficient (Wildman–Crippen LogP) is 4.11. The van der Waals surface area contributed by atoms with Crippen LogP contribution in [0.5, 0.6) is 0 Å². The van der Waals surface area contributed by atoms with E-state index in [9.17, 15) is 14.4 Å². The summed E-state index contributed by atoms with van der Waals surface area (Å²) in [5.74, 6) is -0.254. The van der Waals surface area contributed by atoms with Gasteiger partial charge in [-0.05, 0) is 48.2 Å². The number of anilines is 2. The third-order valence-corrected chi connectivity index (χ3v) is 4.77. The van der Waals surface area contributed by atoms with Crippen molar-refractivity contribution in [3.63, 3.8) is 0 Å². The maximum Gasteiger partial charge on any atom is 0.255 e. The molecular formula is C21H22N2O3. The molecule has 1 N–H and O–H groups in total. The van der Waals surface area contributed by atoms with Gasteiger partial charge in [0.1, 0.15) is 0 Å². The molecule has 2 aromatic rings. The van der Waals surface area contributed by atoms with E-state index in [4.69, 9.17) is 0 Å². The van der Waals surface area contributed by atoms with Gasteiger partial charge in [0.2, 0.25) is 11.8 Å². The Bertz CT molecular complexity index is 827. The smallest absolute Gasteiger partial charge is 0.255 e. The van der Waals surface area contributed by atoms with Gasteiger partial charge < -0.3 is 5.32 Å². The Morgan fingerprint density at radius 3 is 2.35 bits per heavy atom. The number of amides is 3. The van der Waals surface area contributed by atoms with Crippen LogP contribution in [-0.4, -0.2) is 17.7 Å². The lowest BCUT2D eigenvalue weighted by Gasteiger charge is -2.15. The second-order valence-electron chi connectivity index (χ2n) is 6.56. The van der Waals surface area contributed by atoms with Crippen LogP contribution in [0.1, 0.15) is 54.9 Å². The number of carbonyl (C=O) groups is 3. The molecule has 1 aliphatic rings. The van der Waals surface area contributed by atoms with E-state index in [0.29, 0.717) is 22.9 Å². The second-order valence-corrected chi connectivity index (χ2v) is 6.56. The molecule has 0 radical (unpaired) electrons. The minimum Gasteiger partial charge on any atom is -0.322 e. The zero-order valence-electron chi connectivity index (χ0n) is 15.0. The first kappa shape index (κ1) is 17.9.